The van der Waals surface area contributed by atoms with Crippen LogP contribution in [-0.2, 0) is 6.42 Å². The molecular weight excluding hydrogens is 418 g/mol. The van der Waals surface area contributed by atoms with Crippen LogP contribution in [0.5, 0.6) is 11.5 Å². The molecule has 1 amide bonds. The number of para-hydroxylation sites is 1. The van der Waals surface area contributed by atoms with Gasteiger partial charge in [0.1, 0.15) is 5.58 Å². The van der Waals surface area contributed by atoms with Gasteiger partial charge in [0.05, 0.1) is 25.6 Å². The van der Waals surface area contributed by atoms with Gasteiger partial charge in [-0.15, -0.1) is 0 Å². The van der Waals surface area contributed by atoms with Gasteiger partial charge in [0.2, 0.25) is 0 Å². The van der Waals surface area contributed by atoms with Crippen LogP contribution in [0.1, 0.15) is 33.3 Å². The summed E-state index contributed by atoms with van der Waals surface area (Å²) >= 11 is 0. The summed E-state index contributed by atoms with van der Waals surface area (Å²) in [4.78, 5) is 28.1. The molecule has 1 unspecified atom stereocenters. The molecule has 33 heavy (non-hydrogen) atoms. The first kappa shape index (κ1) is 20.8. The van der Waals surface area contributed by atoms with Crippen LogP contribution in [0.2, 0.25) is 0 Å². The summed E-state index contributed by atoms with van der Waals surface area (Å²) in [7, 11) is 3.20. The summed E-state index contributed by atoms with van der Waals surface area (Å²) in [5.41, 5.74) is 3.17. The molecule has 0 N–H and O–H groups in total. The molecule has 0 fully saturated rings. The Bertz CT molecular complexity index is 1390. The monoisotopic (exact) mass is 441 g/mol. The number of rotatable bonds is 4. The third-order valence-corrected chi connectivity index (χ3v) is 6.10. The molecule has 0 saturated carbocycles. The predicted octanol–water partition coefficient (Wildman–Crippen LogP) is 4.60. The van der Waals surface area contributed by atoms with Crippen molar-refractivity contribution in [2.24, 2.45) is 0 Å². The lowest BCUT2D eigenvalue weighted by atomic mass is 9.87. The van der Waals surface area contributed by atoms with Crippen LogP contribution in [0.15, 0.2) is 82.0 Å². The fourth-order valence-electron chi connectivity index (χ4n) is 4.51. The maximum Gasteiger partial charge on any atom is 0.290 e. The number of nitrogens with zero attached hydrogens (tertiary/aromatic N) is 1. The van der Waals surface area contributed by atoms with Crippen molar-refractivity contribution in [3.63, 3.8) is 0 Å². The zero-order valence-corrected chi connectivity index (χ0v) is 18.4. The zero-order valence-electron chi connectivity index (χ0n) is 18.4. The Kier molecular flexibility index (Phi) is 5.34. The Hall–Kier alpha value is -4.06. The SMILES string of the molecule is COc1cc2c(cc1OC)C(c1ccccc1)N(C(=O)c1cc(=O)c3ccccc3o1)CC2. The summed E-state index contributed by atoms with van der Waals surface area (Å²) in [5.74, 6) is 0.961. The van der Waals surface area contributed by atoms with Crippen LogP contribution >= 0.6 is 0 Å². The van der Waals surface area contributed by atoms with E-state index < -0.39 is 0 Å². The Morgan fingerprint density at radius 2 is 1.64 bits per heavy atom. The van der Waals surface area contributed by atoms with E-state index in [9.17, 15) is 9.59 Å². The lowest BCUT2D eigenvalue weighted by Crippen LogP contribution is -2.41. The molecule has 5 rings (SSSR count). The highest BCUT2D eigenvalue weighted by atomic mass is 16.5. The summed E-state index contributed by atoms with van der Waals surface area (Å²) in [6, 6.07) is 21.6. The largest absolute Gasteiger partial charge is 0.493 e. The van der Waals surface area contributed by atoms with E-state index in [1.54, 1.807) is 43.4 Å². The van der Waals surface area contributed by atoms with E-state index >= 15 is 0 Å². The lowest BCUT2D eigenvalue weighted by Gasteiger charge is -2.38. The standard InChI is InChI=1S/C27H23NO5/c1-31-23-14-18-12-13-28(26(17-8-4-3-5-9-17)20(18)15-24(23)32-2)27(30)25-16-21(29)19-10-6-7-11-22(19)33-25/h3-11,14-16,26H,12-13H2,1-2H3. The first-order chi connectivity index (χ1) is 16.1. The Labute approximate surface area is 191 Å². The Morgan fingerprint density at radius 3 is 2.39 bits per heavy atom. The molecule has 1 aliphatic heterocycles. The second kappa shape index (κ2) is 8.47. The fraction of sp³-hybridized carbons (Fsp3) is 0.185. The molecule has 0 radical (unpaired) electrons. The molecular formula is C27H23NO5. The Balaban J connectivity index is 1.64. The number of benzene rings is 3. The fourth-order valence-corrected chi connectivity index (χ4v) is 4.51. The van der Waals surface area contributed by atoms with Crippen molar-refractivity contribution in [3.05, 3.63) is 105 Å². The van der Waals surface area contributed by atoms with Gasteiger partial charge in [-0.25, -0.2) is 0 Å². The summed E-state index contributed by atoms with van der Waals surface area (Å²) in [6.45, 7) is 0.470. The topological polar surface area (TPSA) is 69.0 Å². The van der Waals surface area contributed by atoms with Gasteiger partial charge in [0.15, 0.2) is 22.7 Å². The number of carbonyl (C=O) groups is 1. The summed E-state index contributed by atoms with van der Waals surface area (Å²) < 4.78 is 16.9. The molecule has 6 heteroatoms. The van der Waals surface area contributed by atoms with Gasteiger partial charge in [0.25, 0.3) is 5.91 Å². The summed E-state index contributed by atoms with van der Waals surface area (Å²) in [6.07, 6.45) is 0.641. The number of fused-ring (bicyclic) bond motifs is 2. The van der Waals surface area contributed by atoms with E-state index in [-0.39, 0.29) is 23.1 Å². The van der Waals surface area contributed by atoms with Crippen LogP contribution in [0.3, 0.4) is 0 Å². The molecule has 0 saturated heterocycles. The van der Waals surface area contributed by atoms with Crippen molar-refractivity contribution in [1.82, 2.24) is 4.90 Å². The van der Waals surface area contributed by atoms with Gasteiger partial charge in [0, 0.05) is 12.6 Å². The molecule has 1 atom stereocenters. The van der Waals surface area contributed by atoms with Crippen molar-refractivity contribution >= 4 is 16.9 Å². The first-order valence-corrected chi connectivity index (χ1v) is 10.7. The van der Waals surface area contributed by atoms with Gasteiger partial charge in [-0.3, -0.25) is 9.59 Å². The molecule has 1 aliphatic rings. The molecule has 4 aromatic rings. The van der Waals surface area contributed by atoms with E-state index in [1.165, 1.54) is 6.07 Å². The van der Waals surface area contributed by atoms with Crippen LogP contribution < -0.4 is 14.9 Å². The minimum atomic E-state index is -0.362. The predicted molar refractivity (Wildman–Crippen MR) is 125 cm³/mol. The number of hydrogen-bond donors (Lipinski definition) is 0. The first-order valence-electron chi connectivity index (χ1n) is 10.7. The van der Waals surface area contributed by atoms with Crippen molar-refractivity contribution < 1.29 is 18.7 Å². The van der Waals surface area contributed by atoms with E-state index in [4.69, 9.17) is 13.9 Å². The highest BCUT2D eigenvalue weighted by Crippen LogP contribution is 2.41. The van der Waals surface area contributed by atoms with Crippen LogP contribution in [0.4, 0.5) is 0 Å². The summed E-state index contributed by atoms with van der Waals surface area (Å²) in [5, 5.41) is 0.453. The highest BCUT2D eigenvalue weighted by Gasteiger charge is 2.35. The average molecular weight is 441 g/mol. The smallest absolute Gasteiger partial charge is 0.290 e. The number of amides is 1. The molecule has 6 nitrogen and oxygen atoms in total. The van der Waals surface area contributed by atoms with Crippen molar-refractivity contribution in [1.29, 1.82) is 0 Å². The zero-order chi connectivity index (χ0) is 22.9. The maximum absolute atomic E-state index is 13.7. The van der Waals surface area contributed by atoms with Gasteiger partial charge in [-0.05, 0) is 47.4 Å². The van der Waals surface area contributed by atoms with Crippen LogP contribution in [0.25, 0.3) is 11.0 Å². The normalized spacial score (nSPS) is 15.2. The van der Waals surface area contributed by atoms with Crippen LogP contribution in [0, 0.1) is 0 Å². The van der Waals surface area contributed by atoms with E-state index in [2.05, 4.69) is 0 Å². The number of carbonyl (C=O) groups excluding carboxylic acids is 1. The highest BCUT2D eigenvalue weighted by molar-refractivity contribution is 5.94. The minimum absolute atomic E-state index is 0.0311. The van der Waals surface area contributed by atoms with Gasteiger partial charge in [-0.2, -0.15) is 0 Å². The quantitative estimate of drug-likeness (QED) is 0.463. The second-order valence-corrected chi connectivity index (χ2v) is 7.94. The molecule has 0 aliphatic carbocycles. The lowest BCUT2D eigenvalue weighted by molar-refractivity contribution is 0.0662. The van der Waals surface area contributed by atoms with Crippen LogP contribution in [-0.4, -0.2) is 31.6 Å². The number of methoxy groups -OCH3 is 2. The second-order valence-electron chi connectivity index (χ2n) is 7.94. The number of ether oxygens (including phenoxy) is 2. The van der Waals surface area contributed by atoms with E-state index in [1.807, 2.05) is 42.5 Å². The molecule has 0 spiro atoms. The molecule has 3 aromatic carbocycles. The van der Waals surface area contributed by atoms with Gasteiger partial charge < -0.3 is 18.8 Å². The van der Waals surface area contributed by atoms with Crippen molar-refractivity contribution in [3.8, 4) is 11.5 Å². The average Bonchev–Trinajstić information content (AvgIpc) is 2.87. The molecule has 1 aromatic heterocycles. The van der Waals surface area contributed by atoms with E-state index in [0.29, 0.717) is 35.4 Å². The molecule has 2 heterocycles. The third-order valence-electron chi connectivity index (χ3n) is 6.10. The molecule has 166 valence electrons. The number of hydrogen-bond acceptors (Lipinski definition) is 5. The Morgan fingerprint density at radius 1 is 0.939 bits per heavy atom. The third kappa shape index (κ3) is 3.63. The minimum Gasteiger partial charge on any atom is -0.493 e. The molecule has 0 bridgehead atoms. The van der Waals surface area contributed by atoms with Crippen molar-refractivity contribution in [2.45, 2.75) is 12.5 Å². The maximum atomic E-state index is 13.7. The van der Waals surface area contributed by atoms with Crippen molar-refractivity contribution in [2.75, 3.05) is 20.8 Å². The van der Waals surface area contributed by atoms with Gasteiger partial charge >= 0.3 is 0 Å². The van der Waals surface area contributed by atoms with E-state index in [0.717, 1.165) is 16.7 Å². The van der Waals surface area contributed by atoms with Gasteiger partial charge in [-0.1, -0.05) is 42.5 Å².